The van der Waals surface area contributed by atoms with Gasteiger partial charge in [-0.05, 0) is 26.0 Å². The third kappa shape index (κ3) is 3.27. The molecule has 4 N–H and O–H groups in total. The third-order valence-electron chi connectivity index (χ3n) is 2.36. The Hall–Kier alpha value is -1.49. The minimum absolute atomic E-state index is 0.382. The summed E-state index contributed by atoms with van der Waals surface area (Å²) in [5, 5.41) is 0. The molecule has 0 bridgehead atoms. The molecule has 1 heterocycles. The van der Waals surface area contributed by atoms with Gasteiger partial charge in [0.25, 0.3) is 0 Å². The van der Waals surface area contributed by atoms with Gasteiger partial charge < -0.3 is 21.1 Å². The molecule has 0 saturated heterocycles. The van der Waals surface area contributed by atoms with Crippen LogP contribution < -0.4 is 16.4 Å². The number of anilines is 3. The summed E-state index contributed by atoms with van der Waals surface area (Å²) in [5.74, 6) is 1.22. The standard InChI is InChI=1S/C11H20N4O/c1-3-15(7-8-16-4-2)10-6-5-9(12)11(13)14-10/h5-6H,3-4,7-8,12H2,1-2H3,(H2,13,14). The lowest BCUT2D eigenvalue weighted by molar-refractivity contribution is 0.154. The fraction of sp³-hybridized carbons (Fsp3) is 0.545. The van der Waals surface area contributed by atoms with E-state index in [-0.39, 0.29) is 0 Å². The van der Waals surface area contributed by atoms with Crippen LogP contribution in [0.3, 0.4) is 0 Å². The van der Waals surface area contributed by atoms with Crippen LogP contribution in [0, 0.1) is 0 Å². The second-order valence-corrected chi connectivity index (χ2v) is 3.42. The number of aromatic nitrogens is 1. The van der Waals surface area contributed by atoms with Gasteiger partial charge in [-0.3, -0.25) is 0 Å². The zero-order chi connectivity index (χ0) is 12.0. The van der Waals surface area contributed by atoms with Crippen LogP contribution in [-0.4, -0.2) is 31.3 Å². The van der Waals surface area contributed by atoms with E-state index in [9.17, 15) is 0 Å². The van der Waals surface area contributed by atoms with Gasteiger partial charge in [0.05, 0.1) is 12.3 Å². The zero-order valence-electron chi connectivity index (χ0n) is 9.94. The topological polar surface area (TPSA) is 77.4 Å². The van der Waals surface area contributed by atoms with Crippen molar-refractivity contribution >= 4 is 17.3 Å². The van der Waals surface area contributed by atoms with E-state index in [0.29, 0.717) is 18.1 Å². The lowest BCUT2D eigenvalue weighted by atomic mass is 10.3. The summed E-state index contributed by atoms with van der Waals surface area (Å²) < 4.78 is 5.32. The average Bonchev–Trinajstić information content (AvgIpc) is 2.29. The second kappa shape index (κ2) is 6.17. The minimum Gasteiger partial charge on any atom is -0.396 e. The highest BCUT2D eigenvalue weighted by Gasteiger charge is 2.07. The van der Waals surface area contributed by atoms with Crippen molar-refractivity contribution in [3.63, 3.8) is 0 Å². The lowest BCUT2D eigenvalue weighted by Crippen LogP contribution is -2.28. The number of nitrogens with zero attached hydrogens (tertiary/aromatic N) is 2. The van der Waals surface area contributed by atoms with Crippen LogP contribution in [0.15, 0.2) is 12.1 Å². The number of pyridine rings is 1. The van der Waals surface area contributed by atoms with E-state index in [1.165, 1.54) is 0 Å². The Morgan fingerprint density at radius 2 is 2.06 bits per heavy atom. The molecule has 0 aromatic carbocycles. The summed E-state index contributed by atoms with van der Waals surface area (Å²) in [4.78, 5) is 6.35. The summed E-state index contributed by atoms with van der Waals surface area (Å²) in [6.07, 6.45) is 0. The van der Waals surface area contributed by atoms with Crippen LogP contribution >= 0.6 is 0 Å². The summed E-state index contributed by atoms with van der Waals surface area (Å²) in [6, 6.07) is 3.65. The predicted octanol–water partition coefficient (Wildman–Crippen LogP) is 1.11. The first-order valence-corrected chi connectivity index (χ1v) is 5.53. The minimum atomic E-state index is 0.382. The molecule has 16 heavy (non-hydrogen) atoms. The van der Waals surface area contributed by atoms with Crippen molar-refractivity contribution in [2.24, 2.45) is 0 Å². The van der Waals surface area contributed by atoms with E-state index in [4.69, 9.17) is 16.2 Å². The van der Waals surface area contributed by atoms with Crippen LogP contribution in [0.25, 0.3) is 0 Å². The molecule has 0 aliphatic heterocycles. The van der Waals surface area contributed by atoms with Gasteiger partial charge in [0, 0.05) is 19.7 Å². The lowest BCUT2D eigenvalue weighted by Gasteiger charge is -2.22. The molecule has 0 radical (unpaired) electrons. The normalized spacial score (nSPS) is 10.4. The van der Waals surface area contributed by atoms with Crippen molar-refractivity contribution in [1.82, 2.24) is 4.98 Å². The van der Waals surface area contributed by atoms with Crippen molar-refractivity contribution in [2.75, 3.05) is 42.7 Å². The van der Waals surface area contributed by atoms with Gasteiger partial charge in [-0.1, -0.05) is 0 Å². The first-order chi connectivity index (χ1) is 7.69. The Kier molecular flexibility index (Phi) is 4.85. The van der Waals surface area contributed by atoms with Crippen LogP contribution in [0.2, 0.25) is 0 Å². The SMILES string of the molecule is CCOCCN(CC)c1ccc(N)c(N)n1. The largest absolute Gasteiger partial charge is 0.396 e. The Morgan fingerprint density at radius 1 is 1.31 bits per heavy atom. The van der Waals surface area contributed by atoms with E-state index in [1.54, 1.807) is 6.07 Å². The van der Waals surface area contributed by atoms with Gasteiger partial charge in [-0.2, -0.15) is 0 Å². The van der Waals surface area contributed by atoms with Crippen LogP contribution in [0.4, 0.5) is 17.3 Å². The predicted molar refractivity (Wildman–Crippen MR) is 67.4 cm³/mol. The highest BCUT2D eigenvalue weighted by atomic mass is 16.5. The Bertz CT molecular complexity index is 330. The monoisotopic (exact) mass is 224 g/mol. The molecule has 0 aliphatic carbocycles. The molecule has 90 valence electrons. The van der Waals surface area contributed by atoms with Gasteiger partial charge in [-0.15, -0.1) is 0 Å². The number of nitrogen functional groups attached to an aromatic ring is 2. The fourth-order valence-electron chi connectivity index (χ4n) is 1.40. The average molecular weight is 224 g/mol. The quantitative estimate of drug-likeness (QED) is 0.708. The summed E-state index contributed by atoms with van der Waals surface area (Å²) in [5.41, 5.74) is 11.8. The third-order valence-corrected chi connectivity index (χ3v) is 2.36. The molecule has 0 aliphatic rings. The molecule has 1 aromatic rings. The Labute approximate surface area is 96.4 Å². The maximum Gasteiger partial charge on any atom is 0.149 e. The van der Waals surface area contributed by atoms with Crippen LogP contribution in [0.1, 0.15) is 13.8 Å². The van der Waals surface area contributed by atoms with Gasteiger partial charge in [0.15, 0.2) is 0 Å². The van der Waals surface area contributed by atoms with Crippen molar-refractivity contribution in [3.8, 4) is 0 Å². The van der Waals surface area contributed by atoms with E-state index >= 15 is 0 Å². The van der Waals surface area contributed by atoms with E-state index < -0.39 is 0 Å². The molecule has 1 aromatic heterocycles. The van der Waals surface area contributed by atoms with Crippen molar-refractivity contribution in [3.05, 3.63) is 12.1 Å². The number of likely N-dealkylation sites (N-methyl/N-ethyl adjacent to an activating group) is 1. The Balaban J connectivity index is 2.67. The Morgan fingerprint density at radius 3 is 2.62 bits per heavy atom. The molecule has 1 rings (SSSR count). The van der Waals surface area contributed by atoms with Crippen molar-refractivity contribution in [2.45, 2.75) is 13.8 Å². The van der Waals surface area contributed by atoms with E-state index in [1.807, 2.05) is 13.0 Å². The van der Waals surface area contributed by atoms with E-state index in [0.717, 1.165) is 25.5 Å². The first kappa shape index (κ1) is 12.6. The number of nitrogens with two attached hydrogens (primary N) is 2. The molecule has 0 saturated carbocycles. The maximum absolute atomic E-state index is 5.67. The van der Waals surface area contributed by atoms with Gasteiger partial charge in [0.1, 0.15) is 11.6 Å². The molecular weight excluding hydrogens is 204 g/mol. The summed E-state index contributed by atoms with van der Waals surface area (Å²) >= 11 is 0. The number of hydrogen-bond donors (Lipinski definition) is 2. The summed E-state index contributed by atoms with van der Waals surface area (Å²) in [6.45, 7) is 7.14. The zero-order valence-corrected chi connectivity index (χ0v) is 9.94. The second-order valence-electron chi connectivity index (χ2n) is 3.42. The van der Waals surface area contributed by atoms with Crippen molar-refractivity contribution in [1.29, 1.82) is 0 Å². The highest BCUT2D eigenvalue weighted by Crippen LogP contribution is 2.17. The van der Waals surface area contributed by atoms with E-state index in [2.05, 4.69) is 16.8 Å². The fourth-order valence-corrected chi connectivity index (χ4v) is 1.40. The molecular formula is C11H20N4O. The molecule has 0 spiro atoms. The molecule has 0 unspecified atom stereocenters. The smallest absolute Gasteiger partial charge is 0.149 e. The van der Waals surface area contributed by atoms with Crippen molar-refractivity contribution < 1.29 is 4.74 Å². The first-order valence-electron chi connectivity index (χ1n) is 5.53. The van der Waals surface area contributed by atoms with Gasteiger partial charge in [-0.25, -0.2) is 4.98 Å². The molecule has 5 heteroatoms. The van der Waals surface area contributed by atoms with Crippen LogP contribution in [-0.2, 0) is 4.74 Å². The van der Waals surface area contributed by atoms with Gasteiger partial charge >= 0.3 is 0 Å². The number of hydrogen-bond acceptors (Lipinski definition) is 5. The molecule has 0 atom stereocenters. The molecule has 0 amide bonds. The highest BCUT2D eigenvalue weighted by molar-refractivity contribution is 5.62. The summed E-state index contributed by atoms with van der Waals surface area (Å²) in [7, 11) is 0. The van der Waals surface area contributed by atoms with Crippen LogP contribution in [0.5, 0.6) is 0 Å². The van der Waals surface area contributed by atoms with Gasteiger partial charge in [0.2, 0.25) is 0 Å². The maximum atomic E-state index is 5.67. The number of ether oxygens (including phenoxy) is 1. The molecule has 5 nitrogen and oxygen atoms in total. The number of rotatable bonds is 6. The molecule has 0 fully saturated rings.